The molecule has 0 spiro atoms. The van der Waals surface area contributed by atoms with Crippen molar-refractivity contribution >= 4 is 39.3 Å². The smallest absolute Gasteiger partial charge is 0.244 e. The maximum Gasteiger partial charge on any atom is 0.244 e. The lowest BCUT2D eigenvalue weighted by Crippen LogP contribution is -2.50. The molecule has 0 aromatic heterocycles. The average Bonchev–Trinajstić information content (AvgIpc) is 3.07. The third-order valence-corrected chi connectivity index (χ3v) is 8.67. The molecule has 3 aromatic rings. The molecule has 1 fully saturated rings. The Kier molecular flexibility index (Phi) is 4.40. The molecule has 164 valence electrons. The van der Waals surface area contributed by atoms with Crippen molar-refractivity contribution in [2.45, 2.75) is 17.2 Å². The zero-order valence-electron chi connectivity index (χ0n) is 17.9. The molecule has 1 aliphatic heterocycles. The number of nitrogens with zero attached hydrogens (tertiary/aromatic N) is 1. The summed E-state index contributed by atoms with van der Waals surface area (Å²) in [4.78, 5) is 41.4. The topological polar surface area (TPSA) is 66.5 Å². The van der Waals surface area contributed by atoms with Crippen LogP contribution in [0.5, 0.6) is 0 Å². The van der Waals surface area contributed by atoms with Crippen molar-refractivity contribution in [1.29, 1.82) is 0 Å². The summed E-state index contributed by atoms with van der Waals surface area (Å²) in [6.45, 7) is 1.61. The van der Waals surface area contributed by atoms with Crippen LogP contribution in [0.25, 0.3) is 0 Å². The molecule has 4 aliphatic rings. The number of halogens is 1. The molecule has 2 atom stereocenters. The first-order valence-corrected chi connectivity index (χ1v) is 11.8. The van der Waals surface area contributed by atoms with Gasteiger partial charge in [-0.1, -0.05) is 82.7 Å². The molecule has 3 amide bonds. The molecular weight excluding hydrogens is 480 g/mol. The number of hydrogen-bond acceptors (Lipinski definition) is 3. The Labute approximate surface area is 199 Å². The summed E-state index contributed by atoms with van der Waals surface area (Å²) in [6, 6.07) is 23.5. The van der Waals surface area contributed by atoms with E-state index in [9.17, 15) is 14.4 Å². The molecule has 33 heavy (non-hydrogen) atoms. The van der Waals surface area contributed by atoms with Gasteiger partial charge in [0.15, 0.2) is 0 Å². The highest BCUT2D eigenvalue weighted by Gasteiger charge is 2.67. The normalized spacial score (nSPS) is 26.6. The van der Waals surface area contributed by atoms with Crippen LogP contribution in [0.2, 0.25) is 0 Å². The first-order valence-electron chi connectivity index (χ1n) is 11.0. The molecule has 3 aromatic carbocycles. The number of hydrogen-bond donors (Lipinski definition) is 1. The largest absolute Gasteiger partial charge is 0.324 e. The molecule has 1 heterocycles. The van der Waals surface area contributed by atoms with Gasteiger partial charge >= 0.3 is 0 Å². The van der Waals surface area contributed by atoms with Gasteiger partial charge in [0.05, 0.1) is 16.2 Å². The third kappa shape index (κ3) is 2.67. The summed E-state index contributed by atoms with van der Waals surface area (Å²) < 4.78 is -0.798. The van der Waals surface area contributed by atoms with Gasteiger partial charge in [-0.25, -0.2) is 0 Å². The van der Waals surface area contributed by atoms with Gasteiger partial charge in [0.25, 0.3) is 0 Å². The summed E-state index contributed by atoms with van der Waals surface area (Å²) in [7, 11) is 0. The van der Waals surface area contributed by atoms with Crippen molar-refractivity contribution in [3.05, 3.63) is 101 Å². The molecule has 1 saturated heterocycles. The summed E-state index contributed by atoms with van der Waals surface area (Å²) in [6.07, 6.45) is 0. The van der Waals surface area contributed by atoms with Gasteiger partial charge < -0.3 is 5.32 Å². The maximum absolute atomic E-state index is 13.7. The minimum atomic E-state index is -0.798. The van der Waals surface area contributed by atoms with Crippen LogP contribution in [0.3, 0.4) is 0 Å². The Bertz CT molecular complexity index is 1300. The number of carbonyl (C=O) groups excluding carboxylic acids is 3. The number of carbonyl (C=O) groups is 3. The number of amides is 3. The number of imide groups is 1. The van der Waals surface area contributed by atoms with E-state index in [2.05, 4.69) is 21.2 Å². The fourth-order valence-corrected chi connectivity index (χ4v) is 7.14. The lowest BCUT2D eigenvalue weighted by atomic mass is 9.55. The quantitative estimate of drug-likeness (QED) is 0.429. The van der Waals surface area contributed by atoms with Crippen LogP contribution in [0, 0.1) is 18.8 Å². The summed E-state index contributed by atoms with van der Waals surface area (Å²) in [5.41, 5.74) is 5.80. The highest BCUT2D eigenvalue weighted by Crippen LogP contribution is 2.66. The molecule has 6 heteroatoms. The van der Waals surface area contributed by atoms with E-state index >= 15 is 0 Å². The zero-order valence-corrected chi connectivity index (χ0v) is 19.5. The number of para-hydroxylation sites is 1. The molecule has 5 nitrogen and oxygen atoms in total. The van der Waals surface area contributed by atoms with Gasteiger partial charge in [0.1, 0.15) is 6.54 Å². The predicted octanol–water partition coefficient (Wildman–Crippen LogP) is 4.33. The number of likely N-dealkylation sites (tertiary alicyclic amines) is 1. The average molecular weight is 501 g/mol. The van der Waals surface area contributed by atoms with Crippen LogP contribution in [0.4, 0.5) is 5.69 Å². The first kappa shape index (κ1) is 20.4. The van der Waals surface area contributed by atoms with Gasteiger partial charge in [-0.2, -0.15) is 0 Å². The highest BCUT2D eigenvalue weighted by molar-refractivity contribution is 9.09. The maximum atomic E-state index is 13.7. The number of rotatable bonds is 3. The first-order chi connectivity index (χ1) is 15.9. The van der Waals surface area contributed by atoms with E-state index in [0.29, 0.717) is 5.69 Å². The van der Waals surface area contributed by atoms with E-state index in [4.69, 9.17) is 0 Å². The van der Waals surface area contributed by atoms with Gasteiger partial charge in [-0.15, -0.1) is 0 Å². The molecule has 0 unspecified atom stereocenters. The van der Waals surface area contributed by atoms with E-state index in [1.54, 1.807) is 0 Å². The second-order valence-electron chi connectivity index (χ2n) is 8.99. The Morgan fingerprint density at radius 2 is 1.48 bits per heavy atom. The third-order valence-electron chi connectivity index (χ3n) is 7.33. The SMILES string of the molecule is Cc1ccccc1NC(=O)CN1C(=O)[C@@H]2C3c4ccccc4C(Br)(c4ccccc43)[C@@H]2C1=O. The summed E-state index contributed by atoms with van der Waals surface area (Å²) >= 11 is 3.96. The number of aryl methyl sites for hydroxylation is 1. The van der Waals surface area contributed by atoms with E-state index in [-0.39, 0.29) is 30.2 Å². The lowest BCUT2D eigenvalue weighted by molar-refractivity contribution is -0.142. The molecule has 3 aliphatic carbocycles. The van der Waals surface area contributed by atoms with Crippen LogP contribution in [0.15, 0.2) is 72.8 Å². The van der Waals surface area contributed by atoms with E-state index in [0.717, 1.165) is 32.7 Å². The van der Waals surface area contributed by atoms with Crippen molar-refractivity contribution in [3.63, 3.8) is 0 Å². The predicted molar refractivity (Wildman–Crippen MR) is 128 cm³/mol. The summed E-state index contributed by atoms with van der Waals surface area (Å²) in [5, 5.41) is 2.84. The fourth-order valence-electron chi connectivity index (χ4n) is 5.94. The number of alkyl halides is 1. The minimum absolute atomic E-state index is 0.206. The highest BCUT2D eigenvalue weighted by atomic mass is 79.9. The summed E-state index contributed by atoms with van der Waals surface area (Å²) in [5.74, 6) is -2.28. The van der Waals surface area contributed by atoms with Gasteiger partial charge in [0, 0.05) is 11.6 Å². The van der Waals surface area contributed by atoms with Crippen molar-refractivity contribution in [1.82, 2.24) is 4.90 Å². The molecule has 0 saturated carbocycles. The van der Waals surface area contributed by atoms with Crippen molar-refractivity contribution in [2.24, 2.45) is 11.8 Å². The van der Waals surface area contributed by atoms with Crippen LogP contribution in [-0.4, -0.2) is 29.2 Å². The Balaban J connectivity index is 1.40. The second kappa shape index (κ2) is 7.12. The van der Waals surface area contributed by atoms with Crippen LogP contribution in [0.1, 0.15) is 33.7 Å². The lowest BCUT2D eigenvalue weighted by Gasteiger charge is -2.51. The van der Waals surface area contributed by atoms with E-state index in [1.807, 2.05) is 79.7 Å². The molecule has 1 N–H and O–H groups in total. The van der Waals surface area contributed by atoms with Gasteiger partial charge in [-0.05, 0) is 40.8 Å². The number of nitrogens with one attached hydrogen (secondary N) is 1. The van der Waals surface area contributed by atoms with Crippen molar-refractivity contribution in [3.8, 4) is 0 Å². The zero-order chi connectivity index (χ0) is 22.9. The molecule has 0 radical (unpaired) electrons. The van der Waals surface area contributed by atoms with Crippen LogP contribution >= 0.6 is 15.9 Å². The van der Waals surface area contributed by atoms with Gasteiger partial charge in [0.2, 0.25) is 17.7 Å². The molecule has 2 bridgehead atoms. The van der Waals surface area contributed by atoms with Gasteiger partial charge in [-0.3, -0.25) is 19.3 Å². The Morgan fingerprint density at radius 3 is 2.12 bits per heavy atom. The Hall–Kier alpha value is -3.25. The van der Waals surface area contributed by atoms with E-state index in [1.165, 1.54) is 0 Å². The fraction of sp³-hybridized carbons (Fsp3) is 0.222. The van der Waals surface area contributed by atoms with Crippen molar-refractivity contribution < 1.29 is 14.4 Å². The molecule has 7 rings (SSSR count). The Morgan fingerprint density at radius 1 is 0.909 bits per heavy atom. The number of benzene rings is 3. The van der Waals surface area contributed by atoms with E-state index < -0.39 is 16.2 Å². The molecular formula is C27H21BrN2O3. The van der Waals surface area contributed by atoms with Crippen LogP contribution < -0.4 is 5.32 Å². The number of anilines is 1. The second-order valence-corrected chi connectivity index (χ2v) is 10.2. The van der Waals surface area contributed by atoms with Crippen LogP contribution in [-0.2, 0) is 18.7 Å². The standard InChI is InChI=1S/C27H21BrN2O3/c1-15-8-2-7-13-20(15)29-21(31)14-30-25(32)23-22-16-9-3-5-11-18(16)27(28,24(23)26(30)33)19-12-6-4-10-17(19)22/h2-13,22-24H,14H2,1H3,(H,29,31)/t22?,23-,24+,27?/m1/s1. The monoisotopic (exact) mass is 500 g/mol. The van der Waals surface area contributed by atoms with Crippen molar-refractivity contribution in [2.75, 3.05) is 11.9 Å². The minimum Gasteiger partial charge on any atom is -0.324 e.